The van der Waals surface area contributed by atoms with Crippen molar-refractivity contribution in [2.24, 2.45) is 11.5 Å². The van der Waals surface area contributed by atoms with E-state index in [4.69, 9.17) is 11.5 Å². The van der Waals surface area contributed by atoms with Crippen LogP contribution in [0.5, 0.6) is 0 Å². The van der Waals surface area contributed by atoms with Gasteiger partial charge in [-0.05, 0) is 46.5 Å². The van der Waals surface area contributed by atoms with Gasteiger partial charge in [-0.25, -0.2) is 0 Å². The maximum Gasteiger partial charge on any atom is 0.0272 e. The first kappa shape index (κ1) is 18.1. The molecule has 0 saturated carbocycles. The summed E-state index contributed by atoms with van der Waals surface area (Å²) < 4.78 is 0. The van der Waals surface area contributed by atoms with Gasteiger partial charge >= 0.3 is 0 Å². The van der Waals surface area contributed by atoms with Gasteiger partial charge in [0.2, 0.25) is 0 Å². The first-order chi connectivity index (χ1) is 12.6. The van der Waals surface area contributed by atoms with Crippen molar-refractivity contribution in [3.8, 4) is 0 Å². The fraction of sp³-hybridized carbons (Fsp3) is 0.167. The zero-order valence-corrected chi connectivity index (χ0v) is 15.4. The van der Waals surface area contributed by atoms with Crippen LogP contribution in [0, 0.1) is 0 Å². The van der Waals surface area contributed by atoms with Crippen molar-refractivity contribution < 1.29 is 0 Å². The van der Waals surface area contributed by atoms with Crippen LogP contribution in [-0.2, 0) is 0 Å². The molecule has 0 bridgehead atoms. The molecular formula is C24H26N2. The Balaban J connectivity index is 0.000000151. The van der Waals surface area contributed by atoms with Crippen molar-refractivity contribution in [1.82, 2.24) is 0 Å². The van der Waals surface area contributed by atoms with Crippen LogP contribution in [0.1, 0.15) is 37.1 Å². The van der Waals surface area contributed by atoms with Gasteiger partial charge in [-0.1, -0.05) is 84.9 Å². The van der Waals surface area contributed by atoms with E-state index in [-0.39, 0.29) is 12.1 Å². The number of hydrogen-bond acceptors (Lipinski definition) is 2. The highest BCUT2D eigenvalue weighted by atomic mass is 14.6. The SMILES string of the molecule is CC(N)c1cccc2ccccc12.C[C@@H](N)c1cccc2ccccc12. The molecule has 0 aromatic heterocycles. The molecule has 0 fully saturated rings. The predicted octanol–water partition coefficient (Wildman–Crippen LogP) is 5.72. The summed E-state index contributed by atoms with van der Waals surface area (Å²) in [5.41, 5.74) is 14.2. The van der Waals surface area contributed by atoms with E-state index in [2.05, 4.69) is 60.7 Å². The molecule has 132 valence electrons. The zero-order valence-electron chi connectivity index (χ0n) is 15.4. The highest BCUT2D eigenvalue weighted by Gasteiger charge is 2.03. The molecule has 0 spiro atoms. The highest BCUT2D eigenvalue weighted by molar-refractivity contribution is 5.86. The molecule has 1 unspecified atom stereocenters. The molecule has 0 heterocycles. The van der Waals surface area contributed by atoms with E-state index in [0.29, 0.717) is 0 Å². The lowest BCUT2D eigenvalue weighted by atomic mass is 10.0. The third-order valence-electron chi connectivity index (χ3n) is 4.63. The Morgan fingerprint density at radius 2 is 0.846 bits per heavy atom. The Kier molecular flexibility index (Phi) is 5.67. The van der Waals surface area contributed by atoms with Crippen LogP contribution < -0.4 is 11.5 Å². The lowest BCUT2D eigenvalue weighted by Crippen LogP contribution is -2.05. The van der Waals surface area contributed by atoms with E-state index in [1.54, 1.807) is 0 Å². The minimum Gasteiger partial charge on any atom is -0.324 e. The summed E-state index contributed by atoms with van der Waals surface area (Å²) in [5.74, 6) is 0. The average Bonchev–Trinajstić information content (AvgIpc) is 2.67. The lowest BCUT2D eigenvalue weighted by molar-refractivity contribution is 0.826. The fourth-order valence-electron chi connectivity index (χ4n) is 3.30. The minimum absolute atomic E-state index is 0.103. The van der Waals surface area contributed by atoms with Gasteiger partial charge in [0, 0.05) is 12.1 Å². The maximum absolute atomic E-state index is 5.88. The fourth-order valence-corrected chi connectivity index (χ4v) is 3.30. The summed E-state index contributed by atoms with van der Waals surface area (Å²) in [6.07, 6.45) is 0. The van der Waals surface area contributed by atoms with Gasteiger partial charge in [0.15, 0.2) is 0 Å². The van der Waals surface area contributed by atoms with Gasteiger partial charge in [-0.15, -0.1) is 0 Å². The molecule has 0 amide bonds. The molecule has 2 heteroatoms. The summed E-state index contributed by atoms with van der Waals surface area (Å²) in [5, 5.41) is 5.05. The monoisotopic (exact) mass is 342 g/mol. The van der Waals surface area contributed by atoms with Gasteiger partial charge in [0.05, 0.1) is 0 Å². The largest absolute Gasteiger partial charge is 0.324 e. The molecule has 26 heavy (non-hydrogen) atoms. The number of rotatable bonds is 2. The molecule has 0 radical (unpaired) electrons. The van der Waals surface area contributed by atoms with Crippen LogP contribution >= 0.6 is 0 Å². The molecule has 0 aliphatic rings. The van der Waals surface area contributed by atoms with Crippen LogP contribution in [0.4, 0.5) is 0 Å². The normalized spacial score (nSPS) is 13.1. The molecular weight excluding hydrogens is 316 g/mol. The molecule has 2 atom stereocenters. The zero-order chi connectivity index (χ0) is 18.5. The summed E-state index contributed by atoms with van der Waals surface area (Å²) in [4.78, 5) is 0. The van der Waals surface area contributed by atoms with Gasteiger partial charge in [-0.2, -0.15) is 0 Å². The predicted molar refractivity (Wildman–Crippen MR) is 113 cm³/mol. The molecule has 4 aromatic carbocycles. The van der Waals surface area contributed by atoms with E-state index >= 15 is 0 Å². The van der Waals surface area contributed by atoms with Crippen LogP contribution in [0.3, 0.4) is 0 Å². The summed E-state index contributed by atoms with van der Waals surface area (Å²) >= 11 is 0. The highest BCUT2D eigenvalue weighted by Crippen LogP contribution is 2.23. The Bertz CT molecular complexity index is 909. The van der Waals surface area contributed by atoms with Gasteiger partial charge < -0.3 is 11.5 Å². The first-order valence-corrected chi connectivity index (χ1v) is 9.04. The standard InChI is InChI=1S/2C12H13N/c2*1-9(13)11-8-4-6-10-5-2-3-7-12(10)11/h2*2-9H,13H2,1H3/t9-;/m1./s1. The number of fused-ring (bicyclic) bond motifs is 2. The van der Waals surface area contributed by atoms with E-state index in [9.17, 15) is 0 Å². The molecule has 2 nitrogen and oxygen atoms in total. The Hall–Kier alpha value is -2.68. The van der Waals surface area contributed by atoms with Crippen LogP contribution in [-0.4, -0.2) is 0 Å². The summed E-state index contributed by atoms with van der Waals surface area (Å²) in [7, 11) is 0. The number of hydrogen-bond donors (Lipinski definition) is 2. The van der Waals surface area contributed by atoms with Crippen molar-refractivity contribution in [3.05, 3.63) is 96.1 Å². The number of benzene rings is 4. The maximum atomic E-state index is 5.88. The second-order valence-electron chi connectivity index (χ2n) is 6.71. The average molecular weight is 342 g/mol. The van der Waals surface area contributed by atoms with Crippen molar-refractivity contribution >= 4 is 21.5 Å². The van der Waals surface area contributed by atoms with Gasteiger partial charge in [0.25, 0.3) is 0 Å². The molecule has 0 aliphatic carbocycles. The molecule has 4 N–H and O–H groups in total. The Morgan fingerprint density at radius 1 is 0.500 bits per heavy atom. The van der Waals surface area contributed by atoms with Crippen LogP contribution in [0.2, 0.25) is 0 Å². The smallest absolute Gasteiger partial charge is 0.0272 e. The van der Waals surface area contributed by atoms with E-state index in [1.165, 1.54) is 32.7 Å². The second kappa shape index (κ2) is 8.13. The Labute approximate surface area is 155 Å². The summed E-state index contributed by atoms with van der Waals surface area (Å²) in [6.45, 7) is 4.03. The third-order valence-corrected chi connectivity index (χ3v) is 4.63. The molecule has 0 saturated heterocycles. The van der Waals surface area contributed by atoms with E-state index in [1.807, 2.05) is 38.1 Å². The van der Waals surface area contributed by atoms with E-state index in [0.717, 1.165) is 0 Å². The topological polar surface area (TPSA) is 52.0 Å². The van der Waals surface area contributed by atoms with Gasteiger partial charge in [-0.3, -0.25) is 0 Å². The lowest BCUT2D eigenvalue weighted by Gasteiger charge is -2.09. The Morgan fingerprint density at radius 3 is 1.23 bits per heavy atom. The molecule has 0 aliphatic heterocycles. The van der Waals surface area contributed by atoms with Crippen LogP contribution in [0.25, 0.3) is 21.5 Å². The second-order valence-corrected chi connectivity index (χ2v) is 6.71. The van der Waals surface area contributed by atoms with Crippen molar-refractivity contribution in [1.29, 1.82) is 0 Å². The van der Waals surface area contributed by atoms with Gasteiger partial charge in [0.1, 0.15) is 0 Å². The van der Waals surface area contributed by atoms with Crippen LogP contribution in [0.15, 0.2) is 84.9 Å². The summed E-state index contributed by atoms with van der Waals surface area (Å²) in [6, 6.07) is 29.4. The first-order valence-electron chi connectivity index (χ1n) is 9.04. The van der Waals surface area contributed by atoms with Crippen molar-refractivity contribution in [2.75, 3.05) is 0 Å². The molecule has 4 rings (SSSR count). The number of nitrogens with two attached hydrogens (primary N) is 2. The van der Waals surface area contributed by atoms with E-state index < -0.39 is 0 Å². The molecule has 4 aromatic rings. The van der Waals surface area contributed by atoms with Crippen molar-refractivity contribution in [3.63, 3.8) is 0 Å². The van der Waals surface area contributed by atoms with Crippen molar-refractivity contribution in [2.45, 2.75) is 25.9 Å². The quantitative estimate of drug-likeness (QED) is 0.489. The third kappa shape index (κ3) is 3.93. The minimum atomic E-state index is 0.103.